The van der Waals surface area contributed by atoms with E-state index in [0.29, 0.717) is 0 Å². The number of fused-ring (bicyclic) bond motifs is 1. The number of benzene rings is 1. The molecule has 0 fully saturated rings. The average molecular weight is 190 g/mol. The van der Waals surface area contributed by atoms with Crippen molar-refractivity contribution >= 4 is 22.3 Å². The van der Waals surface area contributed by atoms with E-state index in [4.69, 9.17) is 5.73 Å². The van der Waals surface area contributed by atoms with Crippen LogP contribution >= 0.6 is 0 Å². The summed E-state index contributed by atoms with van der Waals surface area (Å²) in [7, 11) is 5.94. The van der Waals surface area contributed by atoms with E-state index in [1.807, 2.05) is 49.1 Å². The first-order valence-electron chi connectivity index (χ1n) is 4.48. The first-order valence-corrected chi connectivity index (χ1v) is 4.48. The summed E-state index contributed by atoms with van der Waals surface area (Å²) in [5.41, 5.74) is 8.79. The van der Waals surface area contributed by atoms with E-state index < -0.39 is 0 Å². The molecule has 4 nitrogen and oxygen atoms in total. The summed E-state index contributed by atoms with van der Waals surface area (Å²) in [5.74, 6) is 0. The van der Waals surface area contributed by atoms with E-state index in [0.717, 1.165) is 22.3 Å². The summed E-state index contributed by atoms with van der Waals surface area (Å²) >= 11 is 0. The Balaban J connectivity index is 2.83. The van der Waals surface area contributed by atoms with E-state index in [9.17, 15) is 0 Å². The predicted octanol–water partition coefficient (Wildman–Crippen LogP) is 1.22. The minimum Gasteiger partial charge on any atom is -0.399 e. The highest BCUT2D eigenvalue weighted by Gasteiger charge is 2.08. The normalized spacial score (nSPS) is 10.8. The molecule has 2 aromatic rings. The van der Waals surface area contributed by atoms with Crippen LogP contribution < -0.4 is 10.6 Å². The molecule has 14 heavy (non-hydrogen) atoms. The summed E-state index contributed by atoms with van der Waals surface area (Å²) in [6.45, 7) is 0. The highest BCUT2D eigenvalue weighted by Crippen LogP contribution is 2.27. The lowest BCUT2D eigenvalue weighted by Gasteiger charge is -2.15. The molecular weight excluding hydrogens is 176 g/mol. The van der Waals surface area contributed by atoms with E-state index in [-0.39, 0.29) is 0 Å². The number of rotatable bonds is 1. The molecule has 0 aliphatic carbocycles. The van der Waals surface area contributed by atoms with E-state index in [2.05, 4.69) is 5.10 Å². The summed E-state index contributed by atoms with van der Waals surface area (Å²) in [4.78, 5) is 2.04. The second kappa shape index (κ2) is 2.90. The second-order valence-electron chi connectivity index (χ2n) is 3.64. The number of nitrogen functional groups attached to an aromatic ring is 1. The highest BCUT2D eigenvalue weighted by molar-refractivity contribution is 5.93. The molecule has 0 spiro atoms. The van der Waals surface area contributed by atoms with Crippen LogP contribution in [0, 0.1) is 0 Å². The molecule has 74 valence electrons. The number of hydrogen-bond donors (Lipinski definition) is 1. The molecule has 0 saturated heterocycles. The van der Waals surface area contributed by atoms with Crippen LogP contribution in [0.3, 0.4) is 0 Å². The van der Waals surface area contributed by atoms with Gasteiger partial charge in [0.05, 0.1) is 17.4 Å². The number of nitrogens with zero attached hydrogens (tertiary/aromatic N) is 3. The Kier molecular flexibility index (Phi) is 1.84. The van der Waals surface area contributed by atoms with Crippen molar-refractivity contribution in [3.63, 3.8) is 0 Å². The van der Waals surface area contributed by atoms with E-state index >= 15 is 0 Å². The van der Waals surface area contributed by atoms with Gasteiger partial charge in [0.25, 0.3) is 0 Å². The number of hydrogen-bond acceptors (Lipinski definition) is 3. The Labute approximate surface area is 82.9 Å². The third-order valence-electron chi connectivity index (χ3n) is 2.32. The smallest absolute Gasteiger partial charge is 0.0913 e. The lowest BCUT2D eigenvalue weighted by molar-refractivity contribution is 0.795. The molecule has 0 bridgehead atoms. The van der Waals surface area contributed by atoms with Crippen molar-refractivity contribution in [2.75, 3.05) is 24.7 Å². The third-order valence-corrected chi connectivity index (χ3v) is 2.32. The van der Waals surface area contributed by atoms with Crippen LogP contribution in [0.2, 0.25) is 0 Å². The molecule has 2 N–H and O–H groups in total. The van der Waals surface area contributed by atoms with Crippen LogP contribution in [0.4, 0.5) is 11.4 Å². The van der Waals surface area contributed by atoms with Gasteiger partial charge in [-0.15, -0.1) is 0 Å². The maximum Gasteiger partial charge on any atom is 0.0913 e. The van der Waals surface area contributed by atoms with Gasteiger partial charge in [0.1, 0.15) is 0 Å². The third kappa shape index (κ3) is 1.19. The quantitative estimate of drug-likeness (QED) is 0.688. The van der Waals surface area contributed by atoms with E-state index in [1.54, 1.807) is 0 Å². The minimum absolute atomic E-state index is 0.772. The van der Waals surface area contributed by atoms with Crippen molar-refractivity contribution < 1.29 is 0 Å². The van der Waals surface area contributed by atoms with Crippen LogP contribution in [-0.2, 0) is 7.05 Å². The predicted molar refractivity (Wildman–Crippen MR) is 59.5 cm³/mol. The van der Waals surface area contributed by atoms with Gasteiger partial charge in [-0.25, -0.2) is 0 Å². The van der Waals surface area contributed by atoms with Gasteiger partial charge >= 0.3 is 0 Å². The SMILES string of the molecule is CN(C)c1cc(N)cc2cnn(C)c12. The van der Waals surface area contributed by atoms with Crippen molar-refractivity contribution in [2.24, 2.45) is 7.05 Å². The van der Waals surface area contributed by atoms with Crippen molar-refractivity contribution in [3.05, 3.63) is 18.3 Å². The Morgan fingerprint density at radius 2 is 2.07 bits per heavy atom. The number of nitrogens with two attached hydrogens (primary N) is 1. The fraction of sp³-hybridized carbons (Fsp3) is 0.300. The molecule has 0 amide bonds. The molecule has 4 heteroatoms. The van der Waals surface area contributed by atoms with Crippen LogP contribution in [0.1, 0.15) is 0 Å². The summed E-state index contributed by atoms with van der Waals surface area (Å²) in [6.07, 6.45) is 1.83. The van der Waals surface area contributed by atoms with Crippen LogP contribution in [0.5, 0.6) is 0 Å². The Bertz CT molecular complexity index is 470. The van der Waals surface area contributed by atoms with Crippen molar-refractivity contribution in [2.45, 2.75) is 0 Å². The number of aryl methyl sites for hydroxylation is 1. The molecule has 0 aliphatic heterocycles. The molecule has 0 atom stereocenters. The first kappa shape index (κ1) is 8.87. The zero-order chi connectivity index (χ0) is 10.3. The zero-order valence-electron chi connectivity index (χ0n) is 8.65. The molecule has 2 rings (SSSR count). The lowest BCUT2D eigenvalue weighted by atomic mass is 10.2. The molecule has 1 aromatic heterocycles. The number of anilines is 2. The lowest BCUT2D eigenvalue weighted by Crippen LogP contribution is -2.10. The van der Waals surface area contributed by atoms with Gasteiger partial charge in [-0.1, -0.05) is 0 Å². The van der Waals surface area contributed by atoms with Crippen molar-refractivity contribution in [1.29, 1.82) is 0 Å². The zero-order valence-corrected chi connectivity index (χ0v) is 8.65. The number of aromatic nitrogens is 2. The van der Waals surface area contributed by atoms with Crippen LogP contribution in [0.15, 0.2) is 18.3 Å². The van der Waals surface area contributed by atoms with Gasteiger partial charge in [0, 0.05) is 32.2 Å². The van der Waals surface area contributed by atoms with Gasteiger partial charge in [0.15, 0.2) is 0 Å². The summed E-state index contributed by atoms with van der Waals surface area (Å²) in [5, 5.41) is 5.29. The Hall–Kier alpha value is -1.71. The van der Waals surface area contributed by atoms with Crippen molar-refractivity contribution in [1.82, 2.24) is 9.78 Å². The minimum atomic E-state index is 0.772. The van der Waals surface area contributed by atoms with Gasteiger partial charge in [-0.3, -0.25) is 4.68 Å². The van der Waals surface area contributed by atoms with Gasteiger partial charge in [0.2, 0.25) is 0 Å². The van der Waals surface area contributed by atoms with Gasteiger partial charge in [-0.2, -0.15) is 5.10 Å². The monoisotopic (exact) mass is 190 g/mol. The summed E-state index contributed by atoms with van der Waals surface area (Å²) in [6, 6.07) is 3.90. The standard InChI is InChI=1S/C10H14N4/c1-13(2)9-5-8(11)4-7-6-12-14(3)10(7)9/h4-6H,11H2,1-3H3. The average Bonchev–Trinajstić information content (AvgIpc) is 2.46. The van der Waals surface area contributed by atoms with Crippen molar-refractivity contribution in [3.8, 4) is 0 Å². The maximum absolute atomic E-state index is 5.81. The molecule has 0 aliphatic rings. The molecular formula is C10H14N4. The highest BCUT2D eigenvalue weighted by atomic mass is 15.3. The largest absolute Gasteiger partial charge is 0.399 e. The molecule has 1 aromatic carbocycles. The van der Waals surface area contributed by atoms with Gasteiger partial charge in [-0.05, 0) is 12.1 Å². The Morgan fingerprint density at radius 1 is 1.36 bits per heavy atom. The molecule has 0 unspecified atom stereocenters. The maximum atomic E-state index is 5.81. The van der Waals surface area contributed by atoms with Crippen LogP contribution in [0.25, 0.3) is 10.9 Å². The fourth-order valence-corrected chi connectivity index (χ4v) is 1.66. The van der Waals surface area contributed by atoms with Crippen LogP contribution in [-0.4, -0.2) is 23.9 Å². The fourth-order valence-electron chi connectivity index (χ4n) is 1.66. The molecule has 0 radical (unpaired) electrons. The second-order valence-corrected chi connectivity index (χ2v) is 3.64. The summed E-state index contributed by atoms with van der Waals surface area (Å²) < 4.78 is 1.87. The first-order chi connectivity index (χ1) is 6.59. The Morgan fingerprint density at radius 3 is 2.71 bits per heavy atom. The topological polar surface area (TPSA) is 47.1 Å². The molecule has 1 heterocycles. The van der Waals surface area contributed by atoms with E-state index in [1.165, 1.54) is 0 Å². The molecule has 0 saturated carbocycles. The van der Waals surface area contributed by atoms with Gasteiger partial charge < -0.3 is 10.6 Å².